The van der Waals surface area contributed by atoms with Crippen LogP contribution in [0.25, 0.3) is 0 Å². The summed E-state index contributed by atoms with van der Waals surface area (Å²) in [4.78, 5) is 10.4. The molecule has 0 aliphatic rings. The summed E-state index contributed by atoms with van der Waals surface area (Å²) in [6, 6.07) is 0. The molecule has 0 heterocycles. The molecule has 0 aromatic heterocycles. The molecule has 4 atom stereocenters. The number of hydrogen-bond acceptors (Lipinski definition) is 1. The second kappa shape index (κ2) is 14.3. The van der Waals surface area contributed by atoms with Gasteiger partial charge in [-0.25, -0.2) is 0 Å². The van der Waals surface area contributed by atoms with Gasteiger partial charge >= 0.3 is 0 Å². The zero-order valence-corrected chi connectivity index (χ0v) is 12.1. The van der Waals surface area contributed by atoms with E-state index in [4.69, 9.17) is 0 Å². The number of carbonyl (C=O) groups excluding carboxylic acids is 1. The summed E-state index contributed by atoms with van der Waals surface area (Å²) in [5.41, 5.74) is -0.0162. The first-order chi connectivity index (χ1) is 5.55. The van der Waals surface area contributed by atoms with Crippen LogP contribution in [0.3, 0.4) is 0 Å². The molecule has 0 aliphatic carbocycles. The molecular weight excluding hydrogens is 207 g/mol. The van der Waals surface area contributed by atoms with E-state index in [1.54, 1.807) is 0 Å². The Balaban J connectivity index is -0.000000175. The van der Waals surface area contributed by atoms with E-state index in [1.165, 1.54) is 4.67 Å². The summed E-state index contributed by atoms with van der Waals surface area (Å²) in [7, 11) is 6.94. The average Bonchev–Trinajstić information content (AvgIpc) is 2.10. The predicted molar refractivity (Wildman–Crippen MR) is 68.5 cm³/mol. The maximum atomic E-state index is 10.4. The maximum absolute atomic E-state index is 10.4. The van der Waals surface area contributed by atoms with Gasteiger partial charge in [0.1, 0.15) is 0 Å². The molecule has 0 bridgehead atoms. The predicted octanol–water partition coefficient (Wildman–Crippen LogP) is 3.35. The summed E-state index contributed by atoms with van der Waals surface area (Å²) in [6.45, 7) is 9.92. The topological polar surface area (TPSA) is 20.3 Å². The lowest BCUT2D eigenvalue weighted by Crippen LogP contribution is -2.18. The average molecular weight is 229 g/mol. The molecule has 0 aliphatic heterocycles. The van der Waals surface area contributed by atoms with Crippen molar-refractivity contribution in [2.75, 3.05) is 0 Å². The van der Waals surface area contributed by atoms with Gasteiger partial charge in [0.2, 0.25) is 5.65 Å². The van der Waals surface area contributed by atoms with Crippen molar-refractivity contribution in [2.24, 2.45) is 0 Å². The lowest BCUT2D eigenvalue weighted by Gasteiger charge is -2.17. The van der Waals surface area contributed by atoms with Crippen LogP contribution in [-0.2, 0) is 0 Å². The van der Waals surface area contributed by atoms with E-state index in [0.29, 0.717) is 0 Å². The largest absolute Gasteiger partial charge is 0.318 e. The van der Waals surface area contributed by atoms with Crippen molar-refractivity contribution in [3.63, 3.8) is 0 Å². The lowest BCUT2D eigenvalue weighted by molar-refractivity contribution is 0.247. The molecule has 2 nitrogen and oxygen atoms in total. The highest BCUT2D eigenvalue weighted by molar-refractivity contribution is 7.42. The SMILES string of the molecule is CC.CC.CC(P)N(P)C(=O)P. The zero-order valence-electron chi connectivity index (χ0n) is 8.66. The highest BCUT2D eigenvalue weighted by atomic mass is 31.0. The Morgan fingerprint density at radius 1 is 1.25 bits per heavy atom. The molecule has 0 fully saturated rings. The van der Waals surface area contributed by atoms with Gasteiger partial charge in [-0.1, -0.05) is 27.7 Å². The minimum atomic E-state index is -0.0162. The van der Waals surface area contributed by atoms with Gasteiger partial charge in [0.05, 0.1) is 0 Å². The van der Waals surface area contributed by atoms with Crippen molar-refractivity contribution < 1.29 is 4.79 Å². The summed E-state index contributed by atoms with van der Waals surface area (Å²) in [6.07, 6.45) is 0. The summed E-state index contributed by atoms with van der Waals surface area (Å²) in [5.74, 6) is 0.185. The Morgan fingerprint density at radius 2 is 1.50 bits per heavy atom. The molecule has 0 saturated carbocycles. The molecule has 1 amide bonds. The van der Waals surface area contributed by atoms with Crippen LogP contribution in [0.2, 0.25) is 0 Å². The van der Waals surface area contributed by atoms with E-state index in [1.807, 2.05) is 34.6 Å². The molecule has 0 aromatic carbocycles. The van der Waals surface area contributed by atoms with Gasteiger partial charge in [-0.05, 0) is 25.6 Å². The summed E-state index contributed by atoms with van der Waals surface area (Å²) in [5, 5.41) is 0. The molecule has 12 heavy (non-hydrogen) atoms. The van der Waals surface area contributed by atoms with E-state index < -0.39 is 0 Å². The van der Waals surface area contributed by atoms with Gasteiger partial charge in [0.25, 0.3) is 0 Å². The van der Waals surface area contributed by atoms with Crippen molar-refractivity contribution in [3.05, 3.63) is 0 Å². The lowest BCUT2D eigenvalue weighted by atomic mass is 10.7. The smallest absolute Gasteiger partial charge is 0.240 e. The van der Waals surface area contributed by atoms with E-state index in [0.717, 1.165) is 0 Å². The Morgan fingerprint density at radius 3 is 1.50 bits per heavy atom. The Hall–Kier alpha value is 0.760. The van der Waals surface area contributed by atoms with Crippen LogP contribution < -0.4 is 0 Å². The third-order valence-electron chi connectivity index (χ3n) is 0.693. The maximum Gasteiger partial charge on any atom is 0.240 e. The molecule has 0 aromatic rings. The first-order valence-corrected chi connectivity index (χ1v) is 5.90. The van der Waals surface area contributed by atoms with Gasteiger partial charge in [0, 0.05) is 5.78 Å². The van der Waals surface area contributed by atoms with Crippen molar-refractivity contribution in [3.8, 4) is 0 Å². The van der Waals surface area contributed by atoms with Crippen molar-refractivity contribution in [2.45, 2.75) is 40.4 Å². The first kappa shape index (κ1) is 18.5. The highest BCUT2D eigenvalue weighted by Gasteiger charge is 2.04. The van der Waals surface area contributed by atoms with E-state index >= 15 is 0 Å². The second-order valence-corrected chi connectivity index (χ2v) is 3.50. The minimum absolute atomic E-state index is 0.0162. The van der Waals surface area contributed by atoms with Crippen molar-refractivity contribution in [1.82, 2.24) is 4.67 Å². The second-order valence-electron chi connectivity index (χ2n) is 1.49. The van der Waals surface area contributed by atoms with Crippen molar-refractivity contribution in [1.29, 1.82) is 0 Å². The van der Waals surface area contributed by atoms with E-state index in [2.05, 4.69) is 27.9 Å². The summed E-state index contributed by atoms with van der Waals surface area (Å²) < 4.78 is 1.54. The Bertz CT molecular complexity index is 98.7. The van der Waals surface area contributed by atoms with E-state index in [9.17, 15) is 4.79 Å². The molecule has 76 valence electrons. The normalized spacial score (nSPS) is 9.67. The number of amides is 1. The fourth-order valence-electron chi connectivity index (χ4n) is 0.201. The van der Waals surface area contributed by atoms with E-state index in [-0.39, 0.29) is 11.4 Å². The molecule has 5 heteroatoms. The van der Waals surface area contributed by atoms with Crippen LogP contribution in [0.4, 0.5) is 4.79 Å². The molecule has 0 N–H and O–H groups in total. The summed E-state index contributed by atoms with van der Waals surface area (Å²) >= 11 is 0. The molecule has 0 saturated heterocycles. The third-order valence-corrected chi connectivity index (χ3v) is 2.68. The molecule has 0 radical (unpaired) electrons. The van der Waals surface area contributed by atoms with Crippen LogP contribution in [-0.4, -0.2) is 16.1 Å². The van der Waals surface area contributed by atoms with Gasteiger partial charge in [-0.15, -0.1) is 9.24 Å². The fourth-order valence-corrected chi connectivity index (χ4v) is 0.755. The standard InChI is InChI=1S/C3H10NOP3.2C2H6/c1-2(6)4(8)3(5)7;2*1-2/h2H,6-8H2,1H3;2*1-2H3. The number of hydrogen-bond donors (Lipinski definition) is 0. The van der Waals surface area contributed by atoms with Gasteiger partial charge in [-0.3, -0.25) is 4.79 Å². The van der Waals surface area contributed by atoms with Crippen LogP contribution in [0.1, 0.15) is 34.6 Å². The van der Waals surface area contributed by atoms with Gasteiger partial charge < -0.3 is 4.67 Å². The molecule has 0 spiro atoms. The Kier molecular flexibility index (Phi) is 22.1. The number of carbonyl (C=O) groups is 1. The fraction of sp³-hybridized carbons (Fsp3) is 0.857. The highest BCUT2D eigenvalue weighted by Crippen LogP contribution is 2.15. The molecule has 4 unspecified atom stereocenters. The van der Waals surface area contributed by atoms with Crippen LogP contribution in [0.15, 0.2) is 0 Å². The number of nitrogens with zero attached hydrogens (tertiary/aromatic N) is 1. The first-order valence-electron chi connectivity index (χ1n) is 4.14. The Labute approximate surface area is 83.9 Å². The molecular formula is C7H22NOP3. The van der Waals surface area contributed by atoms with Crippen LogP contribution >= 0.6 is 27.9 Å². The van der Waals surface area contributed by atoms with Gasteiger partial charge in [-0.2, -0.15) is 0 Å². The quantitative estimate of drug-likeness (QED) is 0.631. The monoisotopic (exact) mass is 229 g/mol. The minimum Gasteiger partial charge on any atom is -0.318 e. The van der Waals surface area contributed by atoms with Crippen molar-refractivity contribution >= 4 is 33.5 Å². The third kappa shape index (κ3) is 13.4. The number of rotatable bonds is 1. The molecule has 0 rings (SSSR count). The van der Waals surface area contributed by atoms with Gasteiger partial charge in [0.15, 0.2) is 0 Å². The zero-order chi connectivity index (χ0) is 10.7. The van der Waals surface area contributed by atoms with Crippen LogP contribution in [0, 0.1) is 0 Å². The van der Waals surface area contributed by atoms with Crippen LogP contribution in [0.5, 0.6) is 0 Å².